The molecule has 0 spiro atoms. The van der Waals surface area contributed by atoms with Crippen molar-refractivity contribution in [3.63, 3.8) is 0 Å². The monoisotopic (exact) mass is 741 g/mol. The molecule has 276 valence electrons. The highest BCUT2D eigenvalue weighted by Gasteiger charge is 2.25. The number of hydrogen-bond acceptors (Lipinski definition) is 4. The number of pyridine rings is 2. The smallest absolute Gasteiger partial charge is 0.292 e. The molecular weight excluding hydrogens is 701 g/mol. The number of aromatic amines is 1. The molecule has 0 aliphatic carbocycles. The van der Waals surface area contributed by atoms with E-state index in [1.165, 1.54) is 22.3 Å². The molecule has 0 fully saturated rings. The summed E-state index contributed by atoms with van der Waals surface area (Å²) in [5.41, 5.74) is 18.5. The zero-order chi connectivity index (χ0) is 38.9. The highest BCUT2D eigenvalue weighted by atomic mass is 15.1. The molecule has 0 radical (unpaired) electrons. The van der Waals surface area contributed by atoms with E-state index in [-0.39, 0.29) is 0 Å². The van der Waals surface area contributed by atoms with Crippen molar-refractivity contribution in [2.75, 3.05) is 0 Å². The van der Waals surface area contributed by atoms with Gasteiger partial charge in [0.1, 0.15) is 22.9 Å². The lowest BCUT2D eigenvalue weighted by Crippen LogP contribution is -2.33. The van der Waals surface area contributed by atoms with Gasteiger partial charge in [0.05, 0.1) is 28.6 Å². The molecule has 0 aliphatic rings. The zero-order valence-corrected chi connectivity index (χ0v) is 32.8. The molecule has 0 unspecified atom stereocenters. The molecule has 0 saturated heterocycles. The summed E-state index contributed by atoms with van der Waals surface area (Å²) in [6.45, 7) is 12.9. The van der Waals surface area contributed by atoms with E-state index in [1.54, 1.807) is 0 Å². The second-order valence-electron chi connectivity index (χ2n) is 15.1. The highest BCUT2D eigenvalue weighted by molar-refractivity contribution is 5.88. The molecule has 0 aliphatic heterocycles. The summed E-state index contributed by atoms with van der Waals surface area (Å²) in [5, 5.41) is 0. The Labute approximate surface area is 330 Å². The Kier molecular flexibility index (Phi) is 7.97. The first-order valence-corrected chi connectivity index (χ1v) is 19.3. The van der Waals surface area contributed by atoms with Crippen molar-refractivity contribution < 1.29 is 4.57 Å². The minimum Gasteiger partial charge on any atom is -0.292 e. The molecule has 1 N–H and O–H groups in total. The number of aromatic nitrogens is 8. The van der Waals surface area contributed by atoms with Crippen LogP contribution in [0.1, 0.15) is 33.4 Å². The highest BCUT2D eigenvalue weighted by Crippen LogP contribution is 2.38. The molecule has 8 heteroatoms. The molecule has 5 aromatic heterocycles. The fourth-order valence-electron chi connectivity index (χ4n) is 8.58. The number of aryl methyl sites for hydroxylation is 6. The third kappa shape index (κ3) is 5.55. The quantitative estimate of drug-likeness (QED) is 0.172. The normalized spacial score (nSPS) is 11.7. The summed E-state index contributed by atoms with van der Waals surface area (Å²) in [5.74, 6) is 2.38. The zero-order valence-electron chi connectivity index (χ0n) is 32.8. The second kappa shape index (κ2) is 13.2. The number of imidazole rings is 3. The number of hydrogen-bond donors (Lipinski definition) is 1. The Bertz CT molecular complexity index is 3010. The largest absolute Gasteiger partial charge is 0.312 e. The third-order valence-corrected chi connectivity index (χ3v) is 11.1. The summed E-state index contributed by atoms with van der Waals surface area (Å²) in [7, 11) is 0. The minimum absolute atomic E-state index is 0.752. The van der Waals surface area contributed by atoms with Crippen LogP contribution in [-0.4, -0.2) is 34.1 Å². The molecule has 0 saturated carbocycles. The van der Waals surface area contributed by atoms with Gasteiger partial charge in [0, 0.05) is 22.9 Å². The number of para-hydroxylation sites is 5. The molecule has 10 aromatic rings. The predicted octanol–water partition coefficient (Wildman–Crippen LogP) is 10.8. The third-order valence-electron chi connectivity index (χ3n) is 11.1. The average Bonchev–Trinajstić information content (AvgIpc) is 3.93. The van der Waals surface area contributed by atoms with E-state index in [4.69, 9.17) is 19.9 Å². The van der Waals surface area contributed by atoms with Crippen molar-refractivity contribution in [3.8, 4) is 51.2 Å². The van der Waals surface area contributed by atoms with E-state index in [1.807, 2.05) is 18.3 Å². The Morgan fingerprint density at radius 1 is 0.491 bits per heavy atom. The number of rotatable bonds is 6. The van der Waals surface area contributed by atoms with Gasteiger partial charge in [-0.15, -0.1) is 0 Å². The summed E-state index contributed by atoms with van der Waals surface area (Å²) >= 11 is 0. The van der Waals surface area contributed by atoms with Gasteiger partial charge in [-0.3, -0.25) is 9.13 Å². The maximum absolute atomic E-state index is 5.37. The Hall–Kier alpha value is -7.19. The first kappa shape index (κ1) is 34.3. The molecule has 10 rings (SSSR count). The van der Waals surface area contributed by atoms with Crippen molar-refractivity contribution in [3.05, 3.63) is 167 Å². The lowest BCUT2D eigenvalue weighted by Gasteiger charge is -2.17. The molecule has 0 bridgehead atoms. The molecule has 0 atom stereocenters. The van der Waals surface area contributed by atoms with Crippen LogP contribution in [0.3, 0.4) is 0 Å². The number of benzene rings is 5. The Morgan fingerprint density at radius 2 is 1.04 bits per heavy atom. The van der Waals surface area contributed by atoms with Crippen molar-refractivity contribution >= 4 is 33.4 Å². The van der Waals surface area contributed by atoms with Gasteiger partial charge in [-0.2, -0.15) is 4.57 Å². The van der Waals surface area contributed by atoms with Crippen LogP contribution >= 0.6 is 0 Å². The maximum atomic E-state index is 5.37. The molecule has 5 heterocycles. The van der Waals surface area contributed by atoms with E-state index in [0.717, 1.165) is 95.7 Å². The first-order valence-electron chi connectivity index (χ1n) is 19.3. The van der Waals surface area contributed by atoms with Crippen LogP contribution < -0.4 is 4.57 Å². The number of nitrogens with one attached hydrogen (secondary N) is 1. The lowest BCUT2D eigenvalue weighted by molar-refractivity contribution is -0.570. The van der Waals surface area contributed by atoms with Crippen LogP contribution in [-0.2, 0) is 0 Å². The minimum atomic E-state index is 0.752. The van der Waals surface area contributed by atoms with Crippen molar-refractivity contribution in [1.29, 1.82) is 0 Å². The Balaban J connectivity index is 1.29. The van der Waals surface area contributed by atoms with Gasteiger partial charge in [-0.1, -0.05) is 66.7 Å². The second-order valence-corrected chi connectivity index (χ2v) is 15.1. The van der Waals surface area contributed by atoms with Gasteiger partial charge in [0.2, 0.25) is 5.82 Å². The summed E-state index contributed by atoms with van der Waals surface area (Å²) in [6, 6.07) is 42.4. The molecule has 57 heavy (non-hydrogen) atoms. The fourth-order valence-corrected chi connectivity index (χ4v) is 8.58. The van der Waals surface area contributed by atoms with Gasteiger partial charge in [0.15, 0.2) is 11.2 Å². The molecular formula is C49H41N8+. The van der Waals surface area contributed by atoms with Gasteiger partial charge >= 0.3 is 5.65 Å². The summed E-state index contributed by atoms with van der Waals surface area (Å²) in [6.07, 6.45) is 3.95. The van der Waals surface area contributed by atoms with Gasteiger partial charge in [-0.25, -0.2) is 24.9 Å². The van der Waals surface area contributed by atoms with E-state index >= 15 is 0 Å². The van der Waals surface area contributed by atoms with Crippen LogP contribution in [0.25, 0.3) is 84.6 Å². The van der Waals surface area contributed by atoms with Crippen molar-refractivity contribution in [2.24, 2.45) is 0 Å². The summed E-state index contributed by atoms with van der Waals surface area (Å²) in [4.78, 5) is 24.6. The molecule has 8 nitrogen and oxygen atoms in total. The molecule has 0 amide bonds. The van der Waals surface area contributed by atoms with E-state index < -0.39 is 0 Å². The van der Waals surface area contributed by atoms with Crippen LogP contribution in [0.5, 0.6) is 0 Å². The van der Waals surface area contributed by atoms with Crippen LogP contribution in [0.2, 0.25) is 0 Å². The predicted molar refractivity (Wildman–Crippen MR) is 229 cm³/mol. The number of fused-ring (bicyclic) bond motifs is 3. The van der Waals surface area contributed by atoms with E-state index in [0.29, 0.717) is 0 Å². The van der Waals surface area contributed by atoms with Crippen LogP contribution in [0.4, 0.5) is 0 Å². The standard InChI is InChI=1S/C49H40N8/c1-29-14-9-15-30(2)42(29)55-25-13-22-40-49(55)54-45(51-40)35-26-36(46-52-38-20-7-8-23-41(38)56(46)43-31(3)16-10-17-32(43)4)28-37(27-35)47-53-39-21-12-24-50-48(39)57(47)44-33(5)18-11-19-34(44)6/h7-28H,1-6H3/p+1. The van der Waals surface area contributed by atoms with E-state index in [2.05, 4.69) is 176 Å². The number of nitrogens with zero attached hydrogens (tertiary/aromatic N) is 7. The average molecular weight is 742 g/mol. The molecule has 5 aromatic carbocycles. The SMILES string of the molecule is Cc1cccc(C)c1-n1c(-c2cc(-c3nc4ccc[n+](-c5c(C)cccc5C)c4[nH]3)cc(-c3nc4cccnc4n3-c3c(C)cccc3C)c2)nc2ccccc21. The number of H-pyrrole nitrogens is 1. The Morgan fingerprint density at radius 3 is 1.72 bits per heavy atom. The maximum Gasteiger partial charge on any atom is 0.312 e. The summed E-state index contributed by atoms with van der Waals surface area (Å²) < 4.78 is 6.74. The van der Waals surface area contributed by atoms with Crippen molar-refractivity contribution in [1.82, 2.24) is 34.1 Å². The first-order chi connectivity index (χ1) is 27.7. The van der Waals surface area contributed by atoms with Crippen LogP contribution in [0, 0.1) is 41.5 Å². The lowest BCUT2D eigenvalue weighted by atomic mass is 10.0. The van der Waals surface area contributed by atoms with Gasteiger partial charge in [-0.05, 0) is 130 Å². The van der Waals surface area contributed by atoms with Crippen LogP contribution in [0.15, 0.2) is 134 Å². The van der Waals surface area contributed by atoms with Gasteiger partial charge < -0.3 is 0 Å². The fraction of sp³-hybridized carbons (Fsp3) is 0.122. The van der Waals surface area contributed by atoms with E-state index in [9.17, 15) is 0 Å². The van der Waals surface area contributed by atoms with Gasteiger partial charge in [0.25, 0.3) is 0 Å². The topological polar surface area (TPSA) is 81.1 Å². The van der Waals surface area contributed by atoms with Crippen molar-refractivity contribution in [2.45, 2.75) is 41.5 Å².